The van der Waals surface area contributed by atoms with E-state index in [0.29, 0.717) is 12.1 Å². The van der Waals surface area contributed by atoms with Crippen LogP contribution in [0.5, 0.6) is 0 Å². The summed E-state index contributed by atoms with van der Waals surface area (Å²) in [7, 11) is 0. The van der Waals surface area contributed by atoms with Crippen LogP contribution in [0.3, 0.4) is 0 Å². The standard InChI is InChI=1S/C15H13N3O3/c19-13(20)4-3-12-2-1-7-17-14(12)15(21)18-10-11-5-8-16-9-6-11/h1-9H,10H2,(H,18,21)(H,19,20)/b4-3+. The van der Waals surface area contributed by atoms with Crippen LogP contribution in [0.2, 0.25) is 0 Å². The lowest BCUT2D eigenvalue weighted by Gasteiger charge is -2.06. The average Bonchev–Trinajstić information content (AvgIpc) is 2.52. The summed E-state index contributed by atoms with van der Waals surface area (Å²) in [4.78, 5) is 30.6. The van der Waals surface area contributed by atoms with E-state index >= 15 is 0 Å². The number of hydrogen-bond donors (Lipinski definition) is 2. The van der Waals surface area contributed by atoms with Crippen molar-refractivity contribution in [1.82, 2.24) is 15.3 Å². The first-order chi connectivity index (χ1) is 10.2. The van der Waals surface area contributed by atoms with Gasteiger partial charge < -0.3 is 10.4 Å². The molecule has 0 bridgehead atoms. The number of carboxylic acid groups (broad SMARTS) is 1. The van der Waals surface area contributed by atoms with Crippen molar-refractivity contribution in [3.05, 3.63) is 65.8 Å². The molecule has 0 saturated carbocycles. The number of rotatable bonds is 5. The Morgan fingerprint density at radius 3 is 2.67 bits per heavy atom. The first-order valence-electron chi connectivity index (χ1n) is 6.20. The van der Waals surface area contributed by atoms with Crippen LogP contribution in [-0.4, -0.2) is 27.0 Å². The van der Waals surface area contributed by atoms with Crippen molar-refractivity contribution in [2.24, 2.45) is 0 Å². The van der Waals surface area contributed by atoms with Crippen molar-refractivity contribution < 1.29 is 14.7 Å². The van der Waals surface area contributed by atoms with Crippen molar-refractivity contribution >= 4 is 18.0 Å². The van der Waals surface area contributed by atoms with E-state index in [4.69, 9.17) is 5.11 Å². The van der Waals surface area contributed by atoms with Gasteiger partial charge in [0.2, 0.25) is 0 Å². The van der Waals surface area contributed by atoms with Gasteiger partial charge in [-0.2, -0.15) is 0 Å². The number of carbonyl (C=O) groups excluding carboxylic acids is 1. The van der Waals surface area contributed by atoms with Gasteiger partial charge in [-0.05, 0) is 29.8 Å². The number of aromatic nitrogens is 2. The van der Waals surface area contributed by atoms with Gasteiger partial charge in [-0.1, -0.05) is 6.07 Å². The van der Waals surface area contributed by atoms with E-state index in [2.05, 4.69) is 15.3 Å². The van der Waals surface area contributed by atoms with Crippen LogP contribution < -0.4 is 5.32 Å². The first kappa shape index (κ1) is 14.4. The average molecular weight is 283 g/mol. The zero-order chi connectivity index (χ0) is 15.1. The molecule has 0 aliphatic carbocycles. The second-order valence-electron chi connectivity index (χ2n) is 4.15. The molecule has 0 saturated heterocycles. The lowest BCUT2D eigenvalue weighted by molar-refractivity contribution is -0.131. The fourth-order valence-corrected chi connectivity index (χ4v) is 1.67. The van der Waals surface area contributed by atoms with Crippen LogP contribution in [0.25, 0.3) is 6.08 Å². The molecule has 21 heavy (non-hydrogen) atoms. The highest BCUT2D eigenvalue weighted by atomic mass is 16.4. The quantitative estimate of drug-likeness (QED) is 0.811. The lowest BCUT2D eigenvalue weighted by atomic mass is 10.1. The van der Waals surface area contributed by atoms with Crippen LogP contribution in [0.15, 0.2) is 48.9 Å². The highest BCUT2D eigenvalue weighted by Gasteiger charge is 2.10. The molecule has 6 heteroatoms. The van der Waals surface area contributed by atoms with Gasteiger partial charge >= 0.3 is 5.97 Å². The zero-order valence-corrected chi connectivity index (χ0v) is 11.1. The molecule has 106 valence electrons. The van der Waals surface area contributed by atoms with E-state index in [-0.39, 0.29) is 11.6 Å². The maximum Gasteiger partial charge on any atom is 0.328 e. The van der Waals surface area contributed by atoms with Gasteiger partial charge in [-0.15, -0.1) is 0 Å². The van der Waals surface area contributed by atoms with Crippen molar-refractivity contribution in [2.75, 3.05) is 0 Å². The number of aliphatic carboxylic acids is 1. The lowest BCUT2D eigenvalue weighted by Crippen LogP contribution is -2.24. The molecular formula is C15H13N3O3. The molecule has 0 unspecified atom stereocenters. The van der Waals surface area contributed by atoms with Crippen LogP contribution in [0.1, 0.15) is 21.6 Å². The summed E-state index contributed by atoms with van der Waals surface area (Å²) in [6.45, 7) is 0.347. The molecule has 2 aromatic rings. The fourth-order valence-electron chi connectivity index (χ4n) is 1.67. The van der Waals surface area contributed by atoms with Gasteiger partial charge in [-0.25, -0.2) is 4.79 Å². The van der Waals surface area contributed by atoms with Crippen LogP contribution >= 0.6 is 0 Å². The molecule has 0 atom stereocenters. The molecule has 2 heterocycles. The van der Waals surface area contributed by atoms with Gasteiger partial charge in [0, 0.05) is 36.8 Å². The monoisotopic (exact) mass is 283 g/mol. The molecule has 0 fully saturated rings. The predicted molar refractivity (Wildman–Crippen MR) is 76.3 cm³/mol. The molecular weight excluding hydrogens is 270 g/mol. The Morgan fingerprint density at radius 2 is 1.95 bits per heavy atom. The third-order valence-corrected chi connectivity index (χ3v) is 2.66. The summed E-state index contributed by atoms with van der Waals surface area (Å²) in [5, 5.41) is 11.4. The summed E-state index contributed by atoms with van der Waals surface area (Å²) < 4.78 is 0. The number of nitrogens with one attached hydrogen (secondary N) is 1. The van der Waals surface area contributed by atoms with E-state index in [9.17, 15) is 9.59 Å². The number of hydrogen-bond acceptors (Lipinski definition) is 4. The molecule has 2 rings (SSSR count). The van der Waals surface area contributed by atoms with Crippen molar-refractivity contribution in [1.29, 1.82) is 0 Å². The molecule has 2 N–H and O–H groups in total. The van der Waals surface area contributed by atoms with Crippen molar-refractivity contribution in [3.63, 3.8) is 0 Å². The minimum Gasteiger partial charge on any atom is -0.478 e. The molecule has 0 aliphatic rings. The smallest absolute Gasteiger partial charge is 0.328 e. The summed E-state index contributed by atoms with van der Waals surface area (Å²) in [5.41, 5.74) is 1.55. The number of carbonyl (C=O) groups is 2. The number of pyridine rings is 2. The summed E-state index contributed by atoms with van der Waals surface area (Å²) in [6, 6.07) is 6.86. The Kier molecular flexibility index (Phi) is 4.76. The third kappa shape index (κ3) is 4.24. The molecule has 0 aliphatic heterocycles. The topological polar surface area (TPSA) is 92.2 Å². The number of carboxylic acids is 1. The maximum absolute atomic E-state index is 12.1. The van der Waals surface area contributed by atoms with Crippen LogP contribution in [-0.2, 0) is 11.3 Å². The molecule has 6 nitrogen and oxygen atoms in total. The summed E-state index contributed by atoms with van der Waals surface area (Å²) >= 11 is 0. The van der Waals surface area contributed by atoms with E-state index in [1.165, 1.54) is 12.3 Å². The third-order valence-electron chi connectivity index (χ3n) is 2.66. The van der Waals surface area contributed by atoms with Crippen LogP contribution in [0, 0.1) is 0 Å². The Morgan fingerprint density at radius 1 is 1.19 bits per heavy atom. The second kappa shape index (κ2) is 6.95. The van der Waals surface area contributed by atoms with Gasteiger partial charge in [0.05, 0.1) is 0 Å². The maximum atomic E-state index is 12.1. The Balaban J connectivity index is 2.10. The summed E-state index contributed by atoms with van der Waals surface area (Å²) in [5.74, 6) is -1.44. The normalized spacial score (nSPS) is 10.5. The molecule has 0 aromatic carbocycles. The van der Waals surface area contributed by atoms with Gasteiger partial charge in [-0.3, -0.25) is 14.8 Å². The number of amides is 1. The minimum absolute atomic E-state index is 0.184. The molecule has 1 amide bonds. The SMILES string of the molecule is O=C(O)/C=C/c1cccnc1C(=O)NCc1ccncc1. The molecule has 0 spiro atoms. The minimum atomic E-state index is -1.08. The fraction of sp³-hybridized carbons (Fsp3) is 0.0667. The van der Waals surface area contributed by atoms with E-state index in [1.807, 2.05) is 0 Å². The second-order valence-corrected chi connectivity index (χ2v) is 4.15. The highest BCUT2D eigenvalue weighted by molar-refractivity contribution is 5.97. The summed E-state index contributed by atoms with van der Waals surface area (Å²) in [6.07, 6.45) is 7.08. The first-order valence-corrected chi connectivity index (χ1v) is 6.20. The van der Waals surface area contributed by atoms with Crippen LogP contribution in [0.4, 0.5) is 0 Å². The number of nitrogens with zero attached hydrogens (tertiary/aromatic N) is 2. The zero-order valence-electron chi connectivity index (χ0n) is 11.1. The highest BCUT2D eigenvalue weighted by Crippen LogP contribution is 2.08. The Hall–Kier alpha value is -3.02. The van der Waals surface area contributed by atoms with Crippen molar-refractivity contribution in [2.45, 2.75) is 6.54 Å². The van der Waals surface area contributed by atoms with Gasteiger partial charge in [0.15, 0.2) is 0 Å². The van der Waals surface area contributed by atoms with Gasteiger partial charge in [0.1, 0.15) is 5.69 Å². The Bertz CT molecular complexity index is 669. The van der Waals surface area contributed by atoms with E-state index < -0.39 is 5.97 Å². The molecule has 0 radical (unpaired) electrons. The Labute approximate surface area is 121 Å². The van der Waals surface area contributed by atoms with Crippen molar-refractivity contribution in [3.8, 4) is 0 Å². The van der Waals surface area contributed by atoms with E-state index in [1.54, 1.807) is 36.7 Å². The molecule has 2 aromatic heterocycles. The van der Waals surface area contributed by atoms with Gasteiger partial charge in [0.25, 0.3) is 5.91 Å². The predicted octanol–water partition coefficient (Wildman–Crippen LogP) is 1.50. The largest absolute Gasteiger partial charge is 0.478 e. The van der Waals surface area contributed by atoms with E-state index in [0.717, 1.165) is 11.6 Å².